The van der Waals surface area contributed by atoms with Crippen molar-refractivity contribution < 1.29 is 14.2 Å². The zero-order valence-electron chi connectivity index (χ0n) is 13.1. The number of pyridine rings is 1. The fourth-order valence-corrected chi connectivity index (χ4v) is 2.75. The van der Waals surface area contributed by atoms with E-state index in [1.165, 1.54) is 12.1 Å². The highest BCUT2D eigenvalue weighted by molar-refractivity contribution is 5.89. The quantitative estimate of drug-likeness (QED) is 0.788. The lowest BCUT2D eigenvalue weighted by atomic mass is 10.00. The first-order valence-corrected chi connectivity index (χ1v) is 7.42. The number of rotatable bonds is 4. The molecule has 0 saturated carbocycles. The van der Waals surface area contributed by atoms with Crippen LogP contribution in [0.2, 0.25) is 0 Å². The van der Waals surface area contributed by atoms with Crippen LogP contribution in [0.25, 0.3) is 10.9 Å². The maximum absolute atomic E-state index is 13.0. The number of benzene rings is 2. The summed E-state index contributed by atoms with van der Waals surface area (Å²) in [6, 6.07) is 10.4. The Balaban J connectivity index is 2.04. The molecule has 0 saturated heterocycles. The van der Waals surface area contributed by atoms with Gasteiger partial charge in [0, 0.05) is 18.7 Å². The van der Waals surface area contributed by atoms with Crippen molar-refractivity contribution >= 4 is 10.9 Å². The van der Waals surface area contributed by atoms with Crippen LogP contribution in [-0.2, 0) is 17.8 Å². The van der Waals surface area contributed by atoms with E-state index in [2.05, 4.69) is 4.98 Å². The molecule has 0 bridgehead atoms. The predicted molar refractivity (Wildman–Crippen MR) is 88.1 cm³/mol. The zero-order valence-corrected chi connectivity index (χ0v) is 13.1. The van der Waals surface area contributed by atoms with E-state index in [-0.39, 0.29) is 11.6 Å². The van der Waals surface area contributed by atoms with Crippen LogP contribution >= 0.6 is 0 Å². The van der Waals surface area contributed by atoms with Gasteiger partial charge in [0.15, 0.2) is 0 Å². The molecule has 0 atom stereocenters. The van der Waals surface area contributed by atoms with E-state index in [1.54, 1.807) is 25.4 Å². The van der Waals surface area contributed by atoms with Gasteiger partial charge in [-0.1, -0.05) is 12.1 Å². The minimum Gasteiger partial charge on any atom is -0.505 e. The van der Waals surface area contributed by atoms with Crippen LogP contribution in [0, 0.1) is 12.7 Å². The Morgan fingerprint density at radius 3 is 2.57 bits per heavy atom. The van der Waals surface area contributed by atoms with E-state index in [9.17, 15) is 9.50 Å². The Morgan fingerprint density at radius 1 is 1.13 bits per heavy atom. The van der Waals surface area contributed by atoms with Crippen LogP contribution in [0.1, 0.15) is 22.3 Å². The Morgan fingerprint density at radius 2 is 1.87 bits per heavy atom. The summed E-state index contributed by atoms with van der Waals surface area (Å²) in [5, 5.41) is 11.1. The first-order chi connectivity index (χ1) is 11.1. The third-order valence-electron chi connectivity index (χ3n) is 3.90. The van der Waals surface area contributed by atoms with Gasteiger partial charge < -0.3 is 9.84 Å². The van der Waals surface area contributed by atoms with Crippen molar-refractivity contribution in [3.8, 4) is 5.75 Å². The molecule has 0 aliphatic heterocycles. The molecule has 118 valence electrons. The van der Waals surface area contributed by atoms with Crippen molar-refractivity contribution in [3.05, 3.63) is 70.7 Å². The maximum Gasteiger partial charge on any atom is 0.144 e. The highest BCUT2D eigenvalue weighted by Gasteiger charge is 2.11. The molecule has 3 rings (SSSR count). The smallest absolute Gasteiger partial charge is 0.144 e. The van der Waals surface area contributed by atoms with Gasteiger partial charge in [0.05, 0.1) is 6.61 Å². The van der Waals surface area contributed by atoms with Crippen LogP contribution in [0.4, 0.5) is 4.39 Å². The van der Waals surface area contributed by atoms with Gasteiger partial charge in [0.25, 0.3) is 0 Å². The summed E-state index contributed by atoms with van der Waals surface area (Å²) in [5.41, 5.74) is 4.37. The number of hydrogen-bond donors (Lipinski definition) is 1. The molecule has 0 aliphatic rings. The fraction of sp³-hybridized carbons (Fsp3) is 0.211. The van der Waals surface area contributed by atoms with Crippen LogP contribution in [0.3, 0.4) is 0 Å². The second-order valence-electron chi connectivity index (χ2n) is 5.68. The number of methoxy groups -OCH3 is 1. The number of phenolic OH excluding ortho intramolecular Hbond substituents is 1. The first-order valence-electron chi connectivity index (χ1n) is 7.42. The maximum atomic E-state index is 13.0. The van der Waals surface area contributed by atoms with Crippen LogP contribution in [-0.4, -0.2) is 17.2 Å². The topological polar surface area (TPSA) is 42.4 Å². The molecule has 3 nitrogen and oxygen atoms in total. The number of phenols is 1. The summed E-state index contributed by atoms with van der Waals surface area (Å²) in [6.07, 6.45) is 2.41. The van der Waals surface area contributed by atoms with Crippen molar-refractivity contribution in [2.24, 2.45) is 0 Å². The molecule has 0 unspecified atom stereocenters. The van der Waals surface area contributed by atoms with Gasteiger partial charge in [0.2, 0.25) is 0 Å². The standard InChI is InChI=1S/C19H18FNO2/c1-12-7-15(11-23-2)17-9-14(10-21-18(17)19(12)22)8-13-3-5-16(20)6-4-13/h3-7,9-10,22H,8,11H2,1-2H3. The van der Waals surface area contributed by atoms with Crippen molar-refractivity contribution in [3.63, 3.8) is 0 Å². The second kappa shape index (κ2) is 6.34. The molecule has 1 N–H and O–H groups in total. The Bertz CT molecular complexity index is 844. The molecule has 0 fully saturated rings. The molecule has 2 aromatic carbocycles. The van der Waals surface area contributed by atoms with Crippen LogP contribution in [0.15, 0.2) is 42.6 Å². The largest absolute Gasteiger partial charge is 0.505 e. The molecule has 0 spiro atoms. The second-order valence-corrected chi connectivity index (χ2v) is 5.68. The van der Waals surface area contributed by atoms with Gasteiger partial charge in [-0.25, -0.2) is 4.39 Å². The molecule has 4 heteroatoms. The van der Waals surface area contributed by atoms with E-state index < -0.39 is 0 Å². The third-order valence-corrected chi connectivity index (χ3v) is 3.90. The predicted octanol–water partition coefficient (Wildman–Crippen LogP) is 4.13. The van der Waals surface area contributed by atoms with Gasteiger partial charge >= 0.3 is 0 Å². The summed E-state index contributed by atoms with van der Waals surface area (Å²) < 4.78 is 18.3. The number of ether oxygens (including phenoxy) is 1. The molecule has 0 aliphatic carbocycles. The molecular formula is C19H18FNO2. The summed E-state index contributed by atoms with van der Waals surface area (Å²) in [5.74, 6) is -0.0404. The lowest BCUT2D eigenvalue weighted by Gasteiger charge is -2.11. The molecule has 3 aromatic rings. The Kier molecular flexibility index (Phi) is 4.26. The molecule has 1 aromatic heterocycles. The van der Waals surface area contributed by atoms with Gasteiger partial charge in [-0.3, -0.25) is 4.98 Å². The van der Waals surface area contributed by atoms with Crippen molar-refractivity contribution in [2.75, 3.05) is 7.11 Å². The summed E-state index contributed by atoms with van der Waals surface area (Å²) in [4.78, 5) is 4.42. The summed E-state index contributed by atoms with van der Waals surface area (Å²) in [7, 11) is 1.64. The molecule has 0 amide bonds. The lowest BCUT2D eigenvalue weighted by molar-refractivity contribution is 0.186. The SMILES string of the molecule is COCc1cc(C)c(O)c2ncc(Cc3ccc(F)cc3)cc12. The van der Waals surface area contributed by atoms with E-state index in [4.69, 9.17) is 4.74 Å². The highest BCUT2D eigenvalue weighted by atomic mass is 19.1. The highest BCUT2D eigenvalue weighted by Crippen LogP contribution is 2.31. The number of halogens is 1. The minimum atomic E-state index is -0.242. The number of aromatic nitrogens is 1. The van der Waals surface area contributed by atoms with E-state index in [0.717, 1.165) is 27.6 Å². The number of aryl methyl sites for hydroxylation is 1. The van der Waals surface area contributed by atoms with Crippen molar-refractivity contribution in [1.82, 2.24) is 4.98 Å². The Labute approximate surface area is 134 Å². The van der Waals surface area contributed by atoms with Crippen LogP contribution in [0.5, 0.6) is 5.75 Å². The number of fused-ring (bicyclic) bond motifs is 1. The number of nitrogens with zero attached hydrogens (tertiary/aromatic N) is 1. The third kappa shape index (κ3) is 3.17. The monoisotopic (exact) mass is 311 g/mol. The summed E-state index contributed by atoms with van der Waals surface area (Å²) in [6.45, 7) is 2.31. The van der Waals surface area contributed by atoms with E-state index in [1.807, 2.05) is 19.1 Å². The fourth-order valence-electron chi connectivity index (χ4n) is 2.75. The lowest BCUT2D eigenvalue weighted by Crippen LogP contribution is -1.96. The normalized spacial score (nSPS) is 11.1. The number of aromatic hydroxyl groups is 1. The zero-order chi connectivity index (χ0) is 16.4. The molecule has 0 radical (unpaired) electrons. The average molecular weight is 311 g/mol. The Hall–Kier alpha value is -2.46. The van der Waals surface area contributed by atoms with E-state index >= 15 is 0 Å². The van der Waals surface area contributed by atoms with Gasteiger partial charge in [0.1, 0.15) is 17.1 Å². The minimum absolute atomic E-state index is 0.202. The van der Waals surface area contributed by atoms with Crippen molar-refractivity contribution in [2.45, 2.75) is 20.0 Å². The molecule has 1 heterocycles. The van der Waals surface area contributed by atoms with Gasteiger partial charge in [-0.05, 0) is 59.9 Å². The van der Waals surface area contributed by atoms with Gasteiger partial charge in [-0.15, -0.1) is 0 Å². The van der Waals surface area contributed by atoms with E-state index in [0.29, 0.717) is 18.5 Å². The average Bonchev–Trinajstić information content (AvgIpc) is 2.55. The molecule has 23 heavy (non-hydrogen) atoms. The van der Waals surface area contributed by atoms with Crippen molar-refractivity contribution in [1.29, 1.82) is 0 Å². The van der Waals surface area contributed by atoms with Gasteiger partial charge in [-0.2, -0.15) is 0 Å². The number of hydrogen-bond acceptors (Lipinski definition) is 3. The van der Waals surface area contributed by atoms with Crippen LogP contribution < -0.4 is 0 Å². The first kappa shape index (κ1) is 15.4. The molecular weight excluding hydrogens is 293 g/mol. The summed E-state index contributed by atoms with van der Waals surface area (Å²) >= 11 is 0.